The molecule has 3 heterocycles. The van der Waals surface area contributed by atoms with Gasteiger partial charge in [-0.25, -0.2) is 0 Å². The van der Waals surface area contributed by atoms with Gasteiger partial charge in [-0.2, -0.15) is 0 Å². The Morgan fingerprint density at radius 2 is 1.83 bits per heavy atom. The zero-order valence-electron chi connectivity index (χ0n) is 22.2. The number of carbonyl (C=O) groups is 3. The fourth-order valence-corrected chi connectivity index (χ4v) is 5.93. The van der Waals surface area contributed by atoms with Crippen LogP contribution in [-0.4, -0.2) is 91.5 Å². The minimum atomic E-state index is -0.693. The van der Waals surface area contributed by atoms with Gasteiger partial charge >= 0.3 is 0 Å². The number of likely N-dealkylation sites (N-methyl/N-ethyl adjacent to an activating group) is 1. The van der Waals surface area contributed by atoms with Crippen LogP contribution in [0.1, 0.15) is 57.3 Å². The zero-order chi connectivity index (χ0) is 25.8. The summed E-state index contributed by atoms with van der Waals surface area (Å²) in [5, 5.41) is 3.08. The van der Waals surface area contributed by atoms with Crippen molar-refractivity contribution in [1.29, 1.82) is 0 Å². The number of likely N-dealkylation sites (tertiary alicyclic amines) is 1. The topological polar surface area (TPSA) is 82.2 Å². The summed E-state index contributed by atoms with van der Waals surface area (Å²) in [6, 6.07) is 6.44. The molecule has 0 aromatic heterocycles. The van der Waals surface area contributed by atoms with Gasteiger partial charge in [0.1, 0.15) is 18.7 Å². The van der Waals surface area contributed by atoms with Crippen LogP contribution in [0.4, 0.5) is 5.69 Å². The Morgan fingerprint density at radius 1 is 1.11 bits per heavy atom. The van der Waals surface area contributed by atoms with E-state index in [1.807, 2.05) is 38.1 Å². The fourth-order valence-electron chi connectivity index (χ4n) is 5.93. The number of Topliss-reactive ketones (excluding diaryl/α,β-unsaturated/α-hetero) is 1. The molecule has 0 saturated carbocycles. The van der Waals surface area contributed by atoms with E-state index in [0.717, 1.165) is 57.7 Å². The first-order valence-corrected chi connectivity index (χ1v) is 13.7. The van der Waals surface area contributed by atoms with Gasteiger partial charge in [0.15, 0.2) is 5.78 Å². The van der Waals surface area contributed by atoms with E-state index in [0.29, 0.717) is 12.1 Å². The molecule has 0 bridgehead atoms. The molecule has 3 aliphatic heterocycles. The largest absolute Gasteiger partial charge is 0.368 e. The Balaban J connectivity index is 1.54. The number of ether oxygens (including phenoxy) is 1. The first-order chi connectivity index (χ1) is 17.4. The van der Waals surface area contributed by atoms with Crippen LogP contribution in [0.5, 0.6) is 0 Å². The number of rotatable bonds is 9. The smallest absolute Gasteiger partial charge is 0.254 e. The molecule has 0 spiro atoms. The van der Waals surface area contributed by atoms with Crippen molar-refractivity contribution in [2.75, 3.05) is 50.8 Å². The minimum Gasteiger partial charge on any atom is -0.368 e. The lowest BCUT2D eigenvalue weighted by Gasteiger charge is -2.36. The maximum Gasteiger partial charge on any atom is 0.254 e. The summed E-state index contributed by atoms with van der Waals surface area (Å²) in [7, 11) is 0. The number of nitrogens with zero attached hydrogens (tertiary/aromatic N) is 3. The molecule has 0 unspecified atom stereocenters. The number of piperazine rings is 1. The highest BCUT2D eigenvalue weighted by Gasteiger charge is 2.53. The number of fused-ring (bicyclic) bond motifs is 1. The van der Waals surface area contributed by atoms with Crippen molar-refractivity contribution in [3.05, 3.63) is 29.8 Å². The molecule has 198 valence electrons. The predicted molar refractivity (Wildman–Crippen MR) is 140 cm³/mol. The predicted octanol–water partition coefficient (Wildman–Crippen LogP) is 2.57. The van der Waals surface area contributed by atoms with Crippen LogP contribution in [0.15, 0.2) is 24.3 Å². The third-order valence-corrected chi connectivity index (χ3v) is 8.31. The van der Waals surface area contributed by atoms with Crippen molar-refractivity contribution in [3.8, 4) is 0 Å². The zero-order valence-corrected chi connectivity index (χ0v) is 22.2. The maximum absolute atomic E-state index is 13.9. The van der Waals surface area contributed by atoms with E-state index in [2.05, 4.69) is 29.0 Å². The number of carbonyl (C=O) groups excluding carboxylic acids is 3. The summed E-state index contributed by atoms with van der Waals surface area (Å²) in [6.45, 7) is 13.6. The lowest BCUT2D eigenvalue weighted by molar-refractivity contribution is -0.139. The van der Waals surface area contributed by atoms with Crippen molar-refractivity contribution in [2.45, 2.75) is 65.1 Å². The number of nitrogens with one attached hydrogen (secondary N) is 1. The summed E-state index contributed by atoms with van der Waals surface area (Å²) in [4.78, 5) is 46.6. The third kappa shape index (κ3) is 5.30. The van der Waals surface area contributed by atoms with E-state index in [-0.39, 0.29) is 42.1 Å². The van der Waals surface area contributed by atoms with Gasteiger partial charge in [0.05, 0.1) is 11.7 Å². The molecule has 0 aliphatic carbocycles. The molecule has 36 heavy (non-hydrogen) atoms. The summed E-state index contributed by atoms with van der Waals surface area (Å²) >= 11 is 0. The van der Waals surface area contributed by atoms with Gasteiger partial charge in [-0.3, -0.25) is 14.4 Å². The standard InChI is InChI=1S/C28H42N4O4/c1-5-10-20-17-32(25-23(33)18-36-26(20)25)28(35)24(19(4)6-2)29-27(34)21-11-8-9-12-22(21)31-15-13-30(7-3)14-16-31/h8-9,11-12,19-20,24-26H,5-7,10,13-18H2,1-4H3,(H,29,34)/t19-,20+,24-,25+,26+/m0/s1. The van der Waals surface area contributed by atoms with Crippen LogP contribution in [0, 0.1) is 11.8 Å². The van der Waals surface area contributed by atoms with Crippen molar-refractivity contribution in [1.82, 2.24) is 15.1 Å². The monoisotopic (exact) mass is 498 g/mol. The molecule has 1 N–H and O–H groups in total. The molecule has 1 aromatic carbocycles. The van der Waals surface area contributed by atoms with Crippen molar-refractivity contribution < 1.29 is 19.1 Å². The first-order valence-electron chi connectivity index (χ1n) is 13.7. The van der Waals surface area contributed by atoms with E-state index < -0.39 is 12.1 Å². The second-order valence-electron chi connectivity index (χ2n) is 10.5. The number of benzene rings is 1. The van der Waals surface area contributed by atoms with Crippen LogP contribution in [-0.2, 0) is 14.3 Å². The molecule has 3 fully saturated rings. The SMILES string of the molecule is CCC[C@@H]1CN(C(=O)[C@@H](NC(=O)c2ccccc2N2CCN(CC)CC2)[C@@H](C)CC)[C@@H]2C(=O)CO[C@H]12. The lowest BCUT2D eigenvalue weighted by Crippen LogP contribution is -2.54. The Labute approximate surface area is 215 Å². The summed E-state index contributed by atoms with van der Waals surface area (Å²) < 4.78 is 5.81. The average Bonchev–Trinajstić information content (AvgIpc) is 3.47. The lowest BCUT2D eigenvalue weighted by atomic mass is 9.96. The quantitative estimate of drug-likeness (QED) is 0.564. The van der Waals surface area contributed by atoms with Crippen molar-refractivity contribution in [3.63, 3.8) is 0 Å². The third-order valence-electron chi connectivity index (χ3n) is 8.31. The van der Waals surface area contributed by atoms with Gasteiger partial charge in [-0.1, -0.05) is 52.7 Å². The summed E-state index contributed by atoms with van der Waals surface area (Å²) in [5.74, 6) is -0.344. The molecule has 3 saturated heterocycles. The molecule has 4 rings (SSSR count). The molecule has 8 heteroatoms. The normalized spacial score (nSPS) is 26.1. The van der Waals surface area contributed by atoms with Crippen molar-refractivity contribution in [2.24, 2.45) is 11.8 Å². The Kier molecular flexibility index (Phi) is 8.67. The van der Waals surface area contributed by atoms with Crippen LogP contribution in [0.2, 0.25) is 0 Å². The minimum absolute atomic E-state index is 0.0299. The van der Waals surface area contributed by atoms with Gasteiger partial charge < -0.3 is 24.8 Å². The molecule has 8 nitrogen and oxygen atoms in total. The van der Waals surface area contributed by atoms with E-state index in [1.54, 1.807) is 4.90 Å². The number of hydrogen-bond acceptors (Lipinski definition) is 6. The molecule has 2 amide bonds. The Hall–Kier alpha value is -2.45. The fraction of sp³-hybridized carbons (Fsp3) is 0.679. The molecular weight excluding hydrogens is 456 g/mol. The average molecular weight is 499 g/mol. The number of anilines is 1. The summed E-state index contributed by atoms with van der Waals surface area (Å²) in [5.41, 5.74) is 1.50. The number of amides is 2. The molecule has 5 atom stereocenters. The Bertz CT molecular complexity index is 945. The first kappa shape index (κ1) is 26.6. The van der Waals surface area contributed by atoms with Crippen molar-refractivity contribution >= 4 is 23.3 Å². The molecule has 0 radical (unpaired) electrons. The highest BCUT2D eigenvalue weighted by atomic mass is 16.5. The second-order valence-corrected chi connectivity index (χ2v) is 10.5. The number of ketones is 1. The molecular formula is C28H42N4O4. The van der Waals surface area contributed by atoms with E-state index in [1.165, 1.54) is 0 Å². The second kappa shape index (κ2) is 11.7. The Morgan fingerprint density at radius 3 is 2.50 bits per heavy atom. The highest BCUT2D eigenvalue weighted by molar-refractivity contribution is 6.02. The number of para-hydroxylation sites is 1. The van der Waals surface area contributed by atoms with Crippen LogP contribution in [0.25, 0.3) is 0 Å². The van der Waals surface area contributed by atoms with Crippen LogP contribution in [0.3, 0.4) is 0 Å². The van der Waals surface area contributed by atoms with Gasteiger partial charge in [-0.15, -0.1) is 0 Å². The van der Waals surface area contributed by atoms with Gasteiger partial charge in [0.25, 0.3) is 5.91 Å². The van der Waals surface area contributed by atoms with Gasteiger partial charge in [0, 0.05) is 44.3 Å². The van der Waals surface area contributed by atoms with Gasteiger partial charge in [-0.05, 0) is 31.0 Å². The van der Waals surface area contributed by atoms with Crippen LogP contribution < -0.4 is 10.2 Å². The molecule has 1 aromatic rings. The number of hydrogen-bond donors (Lipinski definition) is 1. The molecule has 3 aliphatic rings. The van der Waals surface area contributed by atoms with E-state index in [9.17, 15) is 14.4 Å². The maximum atomic E-state index is 13.9. The van der Waals surface area contributed by atoms with Gasteiger partial charge in [0.2, 0.25) is 5.91 Å². The summed E-state index contributed by atoms with van der Waals surface area (Å²) in [6.07, 6.45) is 2.40. The van der Waals surface area contributed by atoms with E-state index >= 15 is 0 Å². The van der Waals surface area contributed by atoms with Crippen LogP contribution >= 0.6 is 0 Å². The van der Waals surface area contributed by atoms with E-state index in [4.69, 9.17) is 4.74 Å². The highest BCUT2D eigenvalue weighted by Crippen LogP contribution is 2.35.